The molecule has 2 aromatic rings. The average molecular weight is 363 g/mol. The second-order valence-electron chi connectivity index (χ2n) is 6.82. The van der Waals surface area contributed by atoms with E-state index in [4.69, 9.17) is 14.2 Å². The molecule has 0 amide bonds. The minimum absolute atomic E-state index is 0.148. The number of aliphatic hydroxyl groups is 1. The number of hydrogen-bond acceptors (Lipinski definition) is 8. The molecule has 2 fully saturated rings. The van der Waals surface area contributed by atoms with Crippen LogP contribution in [-0.2, 0) is 14.2 Å². The fourth-order valence-electron chi connectivity index (χ4n) is 4.02. The molecule has 0 spiro atoms. The van der Waals surface area contributed by atoms with Crippen molar-refractivity contribution in [3.05, 3.63) is 12.7 Å². The lowest BCUT2D eigenvalue weighted by Crippen LogP contribution is -2.36. The third kappa shape index (κ3) is 2.94. The van der Waals surface area contributed by atoms with Crippen LogP contribution in [-0.4, -0.2) is 69.8 Å². The van der Waals surface area contributed by atoms with Gasteiger partial charge in [0.25, 0.3) is 0 Å². The first-order valence-corrected chi connectivity index (χ1v) is 9.02. The van der Waals surface area contributed by atoms with Crippen LogP contribution < -0.4 is 5.32 Å². The highest BCUT2D eigenvalue weighted by Crippen LogP contribution is 2.35. The Morgan fingerprint density at radius 2 is 1.96 bits per heavy atom. The predicted molar refractivity (Wildman–Crippen MR) is 93.8 cm³/mol. The van der Waals surface area contributed by atoms with Gasteiger partial charge in [-0.05, 0) is 12.8 Å². The molecule has 1 aliphatic carbocycles. The maximum Gasteiger partial charge on any atom is 0.167 e. The molecule has 26 heavy (non-hydrogen) atoms. The van der Waals surface area contributed by atoms with Gasteiger partial charge in [0.05, 0.1) is 12.9 Å². The molecule has 0 aromatic carbocycles. The number of methoxy groups -OCH3 is 2. The Bertz CT molecular complexity index is 748. The van der Waals surface area contributed by atoms with E-state index in [2.05, 4.69) is 20.3 Å². The van der Waals surface area contributed by atoms with E-state index < -0.39 is 12.3 Å². The summed E-state index contributed by atoms with van der Waals surface area (Å²) in [6.45, 7) is -0.148. The second-order valence-corrected chi connectivity index (χ2v) is 6.82. The summed E-state index contributed by atoms with van der Waals surface area (Å²) in [7, 11) is 3.19. The lowest BCUT2D eigenvalue weighted by atomic mass is 10.1. The quantitative estimate of drug-likeness (QED) is 0.786. The van der Waals surface area contributed by atoms with Crippen molar-refractivity contribution >= 4 is 17.0 Å². The SMILES string of the molecule is CO[C@@H]1C(CO)OC(n2cnc3c(NC4CCCC4)ncnc32)[C@@H]1OC. The normalized spacial score (nSPS) is 29.7. The molecule has 1 aliphatic heterocycles. The van der Waals surface area contributed by atoms with Gasteiger partial charge in [-0.25, -0.2) is 15.0 Å². The summed E-state index contributed by atoms with van der Waals surface area (Å²) in [4.78, 5) is 13.3. The Hall–Kier alpha value is -1.81. The third-order valence-corrected chi connectivity index (χ3v) is 5.34. The van der Waals surface area contributed by atoms with Crippen molar-refractivity contribution < 1.29 is 19.3 Å². The molecule has 0 radical (unpaired) electrons. The first-order valence-electron chi connectivity index (χ1n) is 9.02. The van der Waals surface area contributed by atoms with Crippen LogP contribution >= 0.6 is 0 Å². The Morgan fingerprint density at radius 3 is 2.65 bits per heavy atom. The van der Waals surface area contributed by atoms with E-state index >= 15 is 0 Å². The molecule has 2 aromatic heterocycles. The Balaban J connectivity index is 1.66. The Morgan fingerprint density at radius 1 is 1.19 bits per heavy atom. The van der Waals surface area contributed by atoms with Gasteiger partial charge in [0.2, 0.25) is 0 Å². The highest BCUT2D eigenvalue weighted by atomic mass is 16.6. The van der Waals surface area contributed by atoms with E-state index in [9.17, 15) is 5.11 Å². The van der Waals surface area contributed by atoms with Crippen molar-refractivity contribution in [3.8, 4) is 0 Å². The zero-order chi connectivity index (χ0) is 18.1. The molecule has 3 heterocycles. The van der Waals surface area contributed by atoms with Crippen LogP contribution in [0.3, 0.4) is 0 Å². The third-order valence-electron chi connectivity index (χ3n) is 5.34. The van der Waals surface area contributed by atoms with Crippen molar-refractivity contribution in [3.63, 3.8) is 0 Å². The molecule has 4 atom stereocenters. The zero-order valence-electron chi connectivity index (χ0n) is 15.0. The van der Waals surface area contributed by atoms with Crippen LogP contribution in [0, 0.1) is 0 Å². The van der Waals surface area contributed by atoms with E-state index in [1.54, 1.807) is 20.5 Å². The van der Waals surface area contributed by atoms with Crippen LogP contribution in [0.4, 0.5) is 5.82 Å². The minimum atomic E-state index is -0.485. The molecule has 9 heteroatoms. The van der Waals surface area contributed by atoms with Gasteiger partial charge < -0.3 is 24.6 Å². The van der Waals surface area contributed by atoms with Gasteiger partial charge >= 0.3 is 0 Å². The topological polar surface area (TPSA) is 104 Å². The van der Waals surface area contributed by atoms with Gasteiger partial charge in [-0.1, -0.05) is 12.8 Å². The van der Waals surface area contributed by atoms with E-state index in [1.807, 2.05) is 4.57 Å². The van der Waals surface area contributed by atoms with Gasteiger partial charge in [-0.3, -0.25) is 4.57 Å². The van der Waals surface area contributed by atoms with Gasteiger partial charge in [0.15, 0.2) is 23.2 Å². The summed E-state index contributed by atoms with van der Waals surface area (Å²) in [6, 6.07) is 0.435. The predicted octanol–water partition coefficient (Wildman–Crippen LogP) is 1.10. The highest BCUT2D eigenvalue weighted by molar-refractivity contribution is 5.82. The van der Waals surface area contributed by atoms with Crippen molar-refractivity contribution in [1.82, 2.24) is 19.5 Å². The number of anilines is 1. The highest BCUT2D eigenvalue weighted by Gasteiger charge is 2.46. The number of ether oxygens (including phenoxy) is 3. The molecule has 9 nitrogen and oxygen atoms in total. The lowest BCUT2D eigenvalue weighted by molar-refractivity contribution is -0.0583. The van der Waals surface area contributed by atoms with E-state index in [1.165, 1.54) is 19.2 Å². The summed E-state index contributed by atoms with van der Waals surface area (Å²) in [5.41, 5.74) is 1.38. The Kier molecular flexibility index (Phi) is 5.03. The molecule has 1 saturated carbocycles. The van der Waals surface area contributed by atoms with Gasteiger partial charge in [0, 0.05) is 20.3 Å². The fraction of sp³-hybridized carbons (Fsp3) is 0.706. The molecule has 0 bridgehead atoms. The standard InChI is InChI=1S/C17H25N5O4/c1-24-13-11(7-23)26-17(14(13)25-2)22-9-20-12-15(18-8-19-16(12)22)21-10-5-3-4-6-10/h8-11,13-14,17,23H,3-7H2,1-2H3,(H,18,19,21)/t11?,13-,14-,17?/m1/s1. The molecule has 2 unspecified atom stereocenters. The Labute approximate surface area is 151 Å². The minimum Gasteiger partial charge on any atom is -0.394 e. The van der Waals surface area contributed by atoms with Gasteiger partial charge in [-0.15, -0.1) is 0 Å². The fourth-order valence-corrected chi connectivity index (χ4v) is 4.02. The van der Waals surface area contributed by atoms with E-state index in [0.717, 1.165) is 18.7 Å². The average Bonchev–Trinajstić information content (AvgIpc) is 3.39. The van der Waals surface area contributed by atoms with E-state index in [0.29, 0.717) is 17.2 Å². The van der Waals surface area contributed by atoms with Gasteiger partial charge in [-0.2, -0.15) is 0 Å². The largest absolute Gasteiger partial charge is 0.394 e. The van der Waals surface area contributed by atoms with Crippen LogP contribution in [0.15, 0.2) is 12.7 Å². The number of rotatable bonds is 6. The number of imidazole rings is 1. The van der Waals surface area contributed by atoms with Crippen molar-refractivity contribution in [2.24, 2.45) is 0 Å². The maximum atomic E-state index is 9.59. The number of nitrogens with one attached hydrogen (secondary N) is 1. The number of hydrogen-bond donors (Lipinski definition) is 2. The smallest absolute Gasteiger partial charge is 0.167 e. The molecule has 2 N–H and O–H groups in total. The summed E-state index contributed by atoms with van der Waals surface area (Å²) in [5, 5.41) is 13.1. The molecular weight excluding hydrogens is 338 g/mol. The number of fused-ring (bicyclic) bond motifs is 1. The van der Waals surface area contributed by atoms with Crippen LogP contribution in [0.2, 0.25) is 0 Å². The summed E-state index contributed by atoms with van der Waals surface area (Å²) >= 11 is 0. The summed E-state index contributed by atoms with van der Waals surface area (Å²) < 4.78 is 18.9. The maximum absolute atomic E-state index is 9.59. The van der Waals surface area contributed by atoms with Crippen molar-refractivity contribution in [2.45, 2.75) is 56.3 Å². The number of aliphatic hydroxyl groups excluding tert-OH is 1. The summed E-state index contributed by atoms with van der Waals surface area (Å²) in [6.07, 6.45) is 6.30. The first kappa shape index (κ1) is 17.6. The molecule has 4 rings (SSSR count). The zero-order valence-corrected chi connectivity index (χ0v) is 15.0. The summed E-state index contributed by atoms with van der Waals surface area (Å²) in [5.74, 6) is 0.745. The molecule has 2 aliphatic rings. The van der Waals surface area contributed by atoms with Gasteiger partial charge in [0.1, 0.15) is 24.6 Å². The number of nitrogens with zero attached hydrogens (tertiary/aromatic N) is 4. The second kappa shape index (κ2) is 7.43. The van der Waals surface area contributed by atoms with Crippen molar-refractivity contribution in [1.29, 1.82) is 0 Å². The molecular formula is C17H25N5O4. The lowest BCUT2D eigenvalue weighted by Gasteiger charge is -2.21. The van der Waals surface area contributed by atoms with Crippen LogP contribution in [0.5, 0.6) is 0 Å². The van der Waals surface area contributed by atoms with Crippen molar-refractivity contribution in [2.75, 3.05) is 26.1 Å². The van der Waals surface area contributed by atoms with Crippen LogP contribution in [0.1, 0.15) is 31.9 Å². The number of aromatic nitrogens is 4. The molecule has 142 valence electrons. The van der Waals surface area contributed by atoms with E-state index in [-0.39, 0.29) is 18.8 Å². The first-order chi connectivity index (χ1) is 12.8. The monoisotopic (exact) mass is 363 g/mol. The van der Waals surface area contributed by atoms with Crippen LogP contribution in [0.25, 0.3) is 11.2 Å². The molecule has 1 saturated heterocycles.